The summed E-state index contributed by atoms with van der Waals surface area (Å²) < 4.78 is 1.80. The molecule has 0 N–H and O–H groups in total. The number of carbonyl (C=O) groups excluding carboxylic acids is 1. The number of hydrogen-bond donors (Lipinski definition) is 0. The van der Waals surface area contributed by atoms with Gasteiger partial charge in [-0.3, -0.25) is 14.3 Å². The van der Waals surface area contributed by atoms with Gasteiger partial charge >= 0.3 is 5.69 Å². The van der Waals surface area contributed by atoms with Crippen molar-refractivity contribution < 1.29 is 4.79 Å². The van der Waals surface area contributed by atoms with Gasteiger partial charge in [0.2, 0.25) is 5.91 Å². The fourth-order valence-corrected chi connectivity index (χ4v) is 5.46. The maximum Gasteiger partial charge on any atom is 0.349 e. The highest BCUT2D eigenvalue weighted by Gasteiger charge is 2.26. The lowest BCUT2D eigenvalue weighted by molar-refractivity contribution is -0.116. The van der Waals surface area contributed by atoms with Crippen molar-refractivity contribution in [2.75, 3.05) is 17.2 Å². The third-order valence-corrected chi connectivity index (χ3v) is 7.06. The molecule has 2 aromatic heterocycles. The van der Waals surface area contributed by atoms with Crippen LogP contribution in [0.4, 0.5) is 5.69 Å². The number of amides is 1. The molecule has 0 saturated heterocycles. The molecule has 7 heteroatoms. The molecule has 3 aromatic rings. The molecule has 1 amide bonds. The Morgan fingerprint density at radius 2 is 1.84 bits per heavy atom. The van der Waals surface area contributed by atoms with E-state index in [4.69, 9.17) is 0 Å². The van der Waals surface area contributed by atoms with Crippen LogP contribution in [0.15, 0.2) is 58.6 Å². The molecule has 1 aliphatic carbocycles. The minimum atomic E-state index is -0.237. The number of benzene rings is 1. The van der Waals surface area contributed by atoms with E-state index in [0.717, 1.165) is 66.2 Å². The number of pyridine rings is 1. The van der Waals surface area contributed by atoms with Crippen molar-refractivity contribution in [2.45, 2.75) is 43.7 Å². The normalized spacial score (nSPS) is 14.9. The topological polar surface area (TPSA) is 68.1 Å². The fraction of sp³-hybridized carbons (Fsp3) is 0.333. The van der Waals surface area contributed by atoms with Gasteiger partial charge in [0.05, 0.1) is 12.3 Å². The molecule has 158 valence electrons. The van der Waals surface area contributed by atoms with Crippen LogP contribution in [-0.4, -0.2) is 32.7 Å². The molecule has 6 nitrogen and oxygen atoms in total. The first-order chi connectivity index (χ1) is 15.2. The van der Waals surface area contributed by atoms with E-state index < -0.39 is 0 Å². The molecular weight excluding hydrogens is 408 g/mol. The van der Waals surface area contributed by atoms with Crippen LogP contribution in [0.2, 0.25) is 0 Å². The van der Waals surface area contributed by atoms with Gasteiger partial charge in [-0.25, -0.2) is 4.79 Å². The van der Waals surface area contributed by atoms with Gasteiger partial charge < -0.3 is 4.90 Å². The van der Waals surface area contributed by atoms with Crippen molar-refractivity contribution in [1.29, 1.82) is 0 Å². The number of anilines is 1. The Kier molecular flexibility index (Phi) is 5.59. The fourth-order valence-electron chi connectivity index (χ4n) is 4.51. The number of para-hydroxylation sites is 1. The highest BCUT2D eigenvalue weighted by Crippen LogP contribution is 2.31. The molecule has 1 aliphatic heterocycles. The maximum absolute atomic E-state index is 12.9. The predicted octanol–water partition coefficient (Wildman–Crippen LogP) is 3.25. The molecule has 0 saturated carbocycles. The Morgan fingerprint density at radius 1 is 1.03 bits per heavy atom. The SMILES string of the molecule is O=C(CSc1nc(=O)n(Cc2ccncc2)c2c1CCCC2)N1CCc2ccccc21. The van der Waals surface area contributed by atoms with E-state index in [2.05, 4.69) is 16.0 Å². The molecule has 2 aliphatic rings. The van der Waals surface area contributed by atoms with Gasteiger partial charge in [-0.1, -0.05) is 30.0 Å². The van der Waals surface area contributed by atoms with Crippen LogP contribution in [0.5, 0.6) is 0 Å². The molecule has 0 atom stereocenters. The molecule has 0 fully saturated rings. The zero-order valence-corrected chi connectivity index (χ0v) is 18.1. The molecule has 0 unspecified atom stereocenters. The lowest BCUT2D eigenvalue weighted by Crippen LogP contribution is -2.32. The maximum atomic E-state index is 12.9. The Hall–Kier alpha value is -2.93. The zero-order valence-electron chi connectivity index (χ0n) is 17.3. The van der Waals surface area contributed by atoms with Gasteiger partial charge in [-0.15, -0.1) is 0 Å². The first kappa shape index (κ1) is 20.0. The minimum Gasteiger partial charge on any atom is -0.311 e. The first-order valence-electron chi connectivity index (χ1n) is 10.7. The van der Waals surface area contributed by atoms with Gasteiger partial charge in [0.1, 0.15) is 5.03 Å². The lowest BCUT2D eigenvalue weighted by atomic mass is 9.97. The summed E-state index contributed by atoms with van der Waals surface area (Å²) in [5.74, 6) is 0.365. The summed E-state index contributed by atoms with van der Waals surface area (Å²) in [5, 5.41) is 0.728. The summed E-state index contributed by atoms with van der Waals surface area (Å²) in [5.41, 5.74) is 5.24. The Morgan fingerprint density at radius 3 is 2.71 bits per heavy atom. The van der Waals surface area contributed by atoms with Gasteiger partial charge in [0, 0.05) is 35.9 Å². The Balaban J connectivity index is 1.38. The molecule has 31 heavy (non-hydrogen) atoms. The third kappa shape index (κ3) is 4.02. The molecule has 5 rings (SSSR count). The largest absolute Gasteiger partial charge is 0.349 e. The van der Waals surface area contributed by atoms with E-state index in [1.807, 2.05) is 35.2 Å². The van der Waals surface area contributed by atoms with E-state index in [9.17, 15) is 9.59 Å². The summed E-state index contributed by atoms with van der Waals surface area (Å²) in [6.07, 6.45) is 8.31. The van der Waals surface area contributed by atoms with Crippen LogP contribution in [-0.2, 0) is 30.6 Å². The van der Waals surface area contributed by atoms with Crippen LogP contribution in [0.1, 0.15) is 35.2 Å². The number of hydrogen-bond acceptors (Lipinski definition) is 5. The van der Waals surface area contributed by atoms with Crippen LogP contribution in [0.25, 0.3) is 0 Å². The van der Waals surface area contributed by atoms with Crippen LogP contribution in [0.3, 0.4) is 0 Å². The Labute approximate surface area is 185 Å². The van der Waals surface area contributed by atoms with Crippen molar-refractivity contribution in [3.63, 3.8) is 0 Å². The highest BCUT2D eigenvalue weighted by atomic mass is 32.2. The minimum absolute atomic E-state index is 0.0715. The van der Waals surface area contributed by atoms with Crippen molar-refractivity contribution in [1.82, 2.24) is 14.5 Å². The first-order valence-corrected chi connectivity index (χ1v) is 11.7. The van der Waals surface area contributed by atoms with Crippen molar-refractivity contribution in [3.05, 3.63) is 81.7 Å². The van der Waals surface area contributed by atoms with E-state index >= 15 is 0 Å². The molecule has 0 bridgehead atoms. The number of carbonyl (C=O) groups is 1. The Bertz CT molecular complexity index is 1180. The lowest BCUT2D eigenvalue weighted by Gasteiger charge is -2.23. The van der Waals surface area contributed by atoms with E-state index in [0.29, 0.717) is 12.3 Å². The highest BCUT2D eigenvalue weighted by molar-refractivity contribution is 8.00. The predicted molar refractivity (Wildman–Crippen MR) is 122 cm³/mol. The number of nitrogens with zero attached hydrogens (tertiary/aromatic N) is 4. The van der Waals surface area contributed by atoms with E-state index in [1.54, 1.807) is 17.0 Å². The van der Waals surface area contributed by atoms with Crippen LogP contribution >= 0.6 is 11.8 Å². The van der Waals surface area contributed by atoms with Gasteiger partial charge in [-0.2, -0.15) is 4.98 Å². The van der Waals surface area contributed by atoms with Gasteiger partial charge in [0.15, 0.2) is 0 Å². The quantitative estimate of drug-likeness (QED) is 0.457. The third-order valence-electron chi connectivity index (χ3n) is 6.06. The molecule has 1 aromatic carbocycles. The molecule has 3 heterocycles. The summed E-state index contributed by atoms with van der Waals surface area (Å²) in [6.45, 7) is 1.23. The average Bonchev–Trinajstić information content (AvgIpc) is 3.24. The molecule has 0 spiro atoms. The summed E-state index contributed by atoms with van der Waals surface area (Å²) in [6, 6.07) is 11.9. The summed E-state index contributed by atoms with van der Waals surface area (Å²) >= 11 is 1.41. The second kappa shape index (κ2) is 8.67. The monoisotopic (exact) mass is 432 g/mol. The van der Waals surface area contributed by atoms with Crippen LogP contribution < -0.4 is 10.6 Å². The van der Waals surface area contributed by atoms with Crippen molar-refractivity contribution in [3.8, 4) is 0 Å². The van der Waals surface area contributed by atoms with Crippen molar-refractivity contribution >= 4 is 23.4 Å². The van der Waals surface area contributed by atoms with Crippen LogP contribution in [0, 0.1) is 0 Å². The van der Waals surface area contributed by atoms with E-state index in [-0.39, 0.29) is 11.6 Å². The van der Waals surface area contributed by atoms with Crippen molar-refractivity contribution in [2.24, 2.45) is 0 Å². The standard InChI is InChI=1S/C24H24N4O2S/c29-22(27-14-11-18-5-1-3-7-20(18)27)16-31-23-19-6-2-4-8-21(19)28(24(30)26-23)15-17-9-12-25-13-10-17/h1,3,5,7,9-10,12-13H,2,4,6,8,11,14-16H2. The second-order valence-corrected chi connectivity index (χ2v) is 8.95. The molecular formula is C24H24N4O2S. The summed E-state index contributed by atoms with van der Waals surface area (Å²) in [4.78, 5) is 36.2. The van der Waals surface area contributed by atoms with E-state index in [1.165, 1.54) is 17.3 Å². The van der Waals surface area contributed by atoms with Gasteiger partial charge in [-0.05, 0) is 61.4 Å². The molecule has 0 radical (unpaired) electrons. The number of fused-ring (bicyclic) bond motifs is 2. The number of aromatic nitrogens is 3. The smallest absolute Gasteiger partial charge is 0.311 e. The number of rotatable bonds is 5. The number of thioether (sulfide) groups is 1. The second-order valence-electron chi connectivity index (χ2n) is 7.99. The zero-order chi connectivity index (χ0) is 21.2. The summed E-state index contributed by atoms with van der Waals surface area (Å²) in [7, 11) is 0. The van der Waals surface area contributed by atoms with Gasteiger partial charge in [0.25, 0.3) is 0 Å². The average molecular weight is 433 g/mol.